The van der Waals surface area contributed by atoms with Crippen LogP contribution in [-0.4, -0.2) is 36.3 Å². The molecule has 1 atom stereocenters. The molecule has 190 valence electrons. The van der Waals surface area contributed by atoms with E-state index >= 15 is 0 Å². The summed E-state index contributed by atoms with van der Waals surface area (Å²) in [5.74, 6) is -1.25. The maximum atomic E-state index is 11.6. The van der Waals surface area contributed by atoms with Crippen LogP contribution in [0.3, 0.4) is 0 Å². The topological polar surface area (TPSA) is 95.1 Å². The maximum absolute atomic E-state index is 11.6. The van der Waals surface area contributed by atoms with Crippen LogP contribution in [0.5, 0.6) is 0 Å². The summed E-state index contributed by atoms with van der Waals surface area (Å²) in [6.45, 7) is 3.63. The first kappa shape index (κ1) is 27.7. The number of allylic oxidation sites excluding steroid dienone is 1. The summed E-state index contributed by atoms with van der Waals surface area (Å²) < 4.78 is 5.18. The minimum absolute atomic E-state index is 0.0648. The normalized spacial score (nSPS) is 21.0. The van der Waals surface area contributed by atoms with E-state index in [4.69, 9.17) is 4.74 Å². The Balaban J connectivity index is 0.000000254. The number of rotatable bonds is 11. The van der Waals surface area contributed by atoms with E-state index < -0.39 is 18.1 Å². The lowest BCUT2D eigenvalue weighted by atomic mass is 9.91. The second kappa shape index (κ2) is 17.0. The number of hydrogen-bond acceptors (Lipinski definition) is 4. The Morgan fingerprint density at radius 2 is 1.42 bits per heavy atom. The Morgan fingerprint density at radius 3 is 1.94 bits per heavy atom. The Bertz CT molecular complexity index is 534. The third-order valence-electron chi connectivity index (χ3n) is 7.40. The fourth-order valence-electron chi connectivity index (χ4n) is 5.43. The van der Waals surface area contributed by atoms with Crippen molar-refractivity contribution in [3.05, 3.63) is 12.7 Å². The van der Waals surface area contributed by atoms with Gasteiger partial charge in [0.15, 0.2) is 0 Å². The summed E-state index contributed by atoms with van der Waals surface area (Å²) in [6, 6.07) is 1.03. The van der Waals surface area contributed by atoms with Crippen molar-refractivity contribution in [3.8, 4) is 0 Å². The number of quaternary nitrogens is 1. The van der Waals surface area contributed by atoms with Gasteiger partial charge in [0.2, 0.25) is 0 Å². The lowest BCUT2D eigenvalue weighted by molar-refractivity contribution is -0.725. The highest BCUT2D eigenvalue weighted by Crippen LogP contribution is 2.21. The SMILES string of the molecule is C1CCC([NH2+]C2CCCCC2)CC1.C=CCCCCC[C@H](NC(=O)OC1CCCC1)C(=O)[O-]. The Kier molecular flexibility index (Phi) is 14.2. The standard InChI is InChI=1S/C15H25NO4.C12H23N/c1-2-3-4-5-6-11-13(14(17)18)16-15(19)20-12-9-7-8-10-12;1-3-7-11(8-4-1)13-12-9-5-2-6-10-12/h2,12-13H,1,3-11H2,(H,16,19)(H,17,18);11-13H,1-10H2/t13-;/m0./s1. The zero-order chi connectivity index (χ0) is 23.7. The van der Waals surface area contributed by atoms with Gasteiger partial charge in [0.25, 0.3) is 0 Å². The zero-order valence-electron chi connectivity index (χ0n) is 20.7. The van der Waals surface area contributed by atoms with Crippen molar-refractivity contribution < 1.29 is 24.7 Å². The van der Waals surface area contributed by atoms with E-state index in [2.05, 4.69) is 17.2 Å². The van der Waals surface area contributed by atoms with Crippen molar-refractivity contribution in [3.63, 3.8) is 0 Å². The molecule has 0 aromatic rings. The Hall–Kier alpha value is -1.56. The molecule has 3 fully saturated rings. The number of unbranched alkanes of at least 4 members (excludes halogenated alkanes) is 3. The van der Waals surface area contributed by atoms with Crippen LogP contribution in [-0.2, 0) is 9.53 Å². The zero-order valence-corrected chi connectivity index (χ0v) is 20.7. The van der Waals surface area contributed by atoms with Crippen molar-refractivity contribution in [2.45, 2.75) is 146 Å². The third kappa shape index (κ3) is 12.5. The molecule has 1 amide bonds. The van der Waals surface area contributed by atoms with E-state index in [1.165, 1.54) is 64.2 Å². The number of hydrogen-bond donors (Lipinski definition) is 2. The van der Waals surface area contributed by atoms with E-state index in [-0.39, 0.29) is 6.10 Å². The maximum Gasteiger partial charge on any atom is 0.407 e. The highest BCUT2D eigenvalue weighted by Gasteiger charge is 2.23. The van der Waals surface area contributed by atoms with Gasteiger partial charge in [0.05, 0.1) is 24.1 Å². The second-order valence-electron chi connectivity index (χ2n) is 10.2. The number of amides is 1. The minimum Gasteiger partial charge on any atom is -0.548 e. The van der Waals surface area contributed by atoms with E-state index in [1.54, 1.807) is 0 Å². The van der Waals surface area contributed by atoms with Gasteiger partial charge < -0.3 is 25.3 Å². The predicted molar refractivity (Wildman–Crippen MR) is 130 cm³/mol. The van der Waals surface area contributed by atoms with Crippen LogP contribution in [0.1, 0.15) is 122 Å². The summed E-state index contributed by atoms with van der Waals surface area (Å²) >= 11 is 0. The molecular formula is C27H48N2O4. The summed E-state index contributed by atoms with van der Waals surface area (Å²) in [4.78, 5) is 22.6. The minimum atomic E-state index is -1.25. The van der Waals surface area contributed by atoms with Crippen LogP contribution in [0, 0.1) is 0 Å². The molecule has 0 bridgehead atoms. The molecule has 0 heterocycles. The first-order valence-electron chi connectivity index (χ1n) is 13.7. The number of alkyl carbamates (subject to hydrolysis) is 1. The number of carbonyl (C=O) groups is 2. The molecule has 0 unspecified atom stereocenters. The van der Waals surface area contributed by atoms with E-state index in [9.17, 15) is 14.7 Å². The molecule has 0 spiro atoms. The van der Waals surface area contributed by atoms with Crippen molar-refractivity contribution in [2.75, 3.05) is 0 Å². The molecule has 3 saturated carbocycles. The quantitative estimate of drug-likeness (QED) is 0.355. The molecule has 3 aliphatic carbocycles. The largest absolute Gasteiger partial charge is 0.548 e. The number of ether oxygens (including phenoxy) is 1. The monoisotopic (exact) mass is 464 g/mol. The van der Waals surface area contributed by atoms with Crippen LogP contribution in [0.4, 0.5) is 4.79 Å². The summed E-state index contributed by atoms with van der Waals surface area (Å²) in [6.07, 6.45) is 23.9. The van der Waals surface area contributed by atoms with Gasteiger partial charge in [-0.2, -0.15) is 0 Å². The molecule has 0 saturated heterocycles. The number of nitrogens with one attached hydrogen (secondary N) is 1. The molecule has 6 heteroatoms. The molecule has 0 aromatic carbocycles. The molecule has 0 aliphatic heterocycles. The number of carboxylic acids is 1. The average molecular weight is 465 g/mol. The summed E-state index contributed by atoms with van der Waals surface area (Å²) in [5.41, 5.74) is 0. The molecule has 3 aliphatic rings. The lowest BCUT2D eigenvalue weighted by Crippen LogP contribution is -2.95. The molecule has 0 radical (unpaired) electrons. The van der Waals surface area contributed by atoms with Gasteiger partial charge in [-0.25, -0.2) is 4.79 Å². The molecular weight excluding hydrogens is 416 g/mol. The van der Waals surface area contributed by atoms with E-state index in [0.717, 1.165) is 63.5 Å². The first-order valence-corrected chi connectivity index (χ1v) is 13.7. The number of carbonyl (C=O) groups excluding carboxylic acids is 2. The molecule has 33 heavy (non-hydrogen) atoms. The first-order chi connectivity index (χ1) is 16.1. The highest BCUT2D eigenvalue weighted by atomic mass is 16.6. The predicted octanol–water partition coefficient (Wildman–Crippen LogP) is 4.13. The van der Waals surface area contributed by atoms with Gasteiger partial charge in [-0.3, -0.25) is 0 Å². The van der Waals surface area contributed by atoms with Crippen LogP contribution in [0.2, 0.25) is 0 Å². The molecule has 3 rings (SSSR count). The molecule has 3 N–H and O–H groups in total. The van der Waals surface area contributed by atoms with Crippen molar-refractivity contribution in [1.82, 2.24) is 5.32 Å². The van der Waals surface area contributed by atoms with Gasteiger partial charge in [-0.15, -0.1) is 6.58 Å². The lowest BCUT2D eigenvalue weighted by Gasteiger charge is -2.27. The van der Waals surface area contributed by atoms with Gasteiger partial charge in [-0.1, -0.05) is 31.8 Å². The van der Waals surface area contributed by atoms with Gasteiger partial charge in [0.1, 0.15) is 6.10 Å². The highest BCUT2D eigenvalue weighted by molar-refractivity contribution is 5.78. The van der Waals surface area contributed by atoms with Crippen molar-refractivity contribution >= 4 is 12.1 Å². The van der Waals surface area contributed by atoms with Gasteiger partial charge in [-0.05, 0) is 96.3 Å². The number of nitrogens with two attached hydrogens (primary N) is 1. The number of carboxylic acid groups (broad SMARTS) is 1. The Morgan fingerprint density at radius 1 is 0.879 bits per heavy atom. The van der Waals surface area contributed by atoms with E-state index in [0.29, 0.717) is 6.42 Å². The van der Waals surface area contributed by atoms with Crippen LogP contribution in [0.15, 0.2) is 12.7 Å². The fraction of sp³-hybridized carbons (Fsp3) is 0.852. The van der Waals surface area contributed by atoms with Crippen molar-refractivity contribution in [2.24, 2.45) is 0 Å². The van der Waals surface area contributed by atoms with Crippen LogP contribution < -0.4 is 15.7 Å². The van der Waals surface area contributed by atoms with Crippen molar-refractivity contribution in [1.29, 1.82) is 0 Å². The van der Waals surface area contributed by atoms with Gasteiger partial charge in [0, 0.05) is 0 Å². The average Bonchev–Trinajstić information content (AvgIpc) is 3.33. The van der Waals surface area contributed by atoms with Crippen LogP contribution >= 0.6 is 0 Å². The smallest absolute Gasteiger partial charge is 0.407 e. The van der Waals surface area contributed by atoms with Gasteiger partial charge >= 0.3 is 6.09 Å². The van der Waals surface area contributed by atoms with Crippen LogP contribution in [0.25, 0.3) is 0 Å². The second-order valence-corrected chi connectivity index (χ2v) is 10.2. The fourth-order valence-corrected chi connectivity index (χ4v) is 5.43. The molecule has 0 aromatic heterocycles. The third-order valence-corrected chi connectivity index (χ3v) is 7.40. The summed E-state index contributed by atoms with van der Waals surface area (Å²) in [5, 5.41) is 16.1. The number of aliphatic carboxylic acids is 1. The Labute approximate surface area is 201 Å². The summed E-state index contributed by atoms with van der Waals surface area (Å²) in [7, 11) is 0. The molecule has 6 nitrogen and oxygen atoms in total. The van der Waals surface area contributed by atoms with E-state index in [1.807, 2.05) is 6.08 Å².